The van der Waals surface area contributed by atoms with Gasteiger partial charge < -0.3 is 9.84 Å². The summed E-state index contributed by atoms with van der Waals surface area (Å²) in [4.78, 5) is 0. The molecule has 1 aromatic carbocycles. The molecule has 0 bridgehead atoms. The van der Waals surface area contributed by atoms with Crippen molar-refractivity contribution in [2.75, 3.05) is 11.5 Å². The van der Waals surface area contributed by atoms with Crippen LogP contribution in [0.2, 0.25) is 0 Å². The molecule has 1 aliphatic rings. The van der Waals surface area contributed by atoms with Crippen LogP contribution in [0.25, 0.3) is 0 Å². The first-order valence-electron chi connectivity index (χ1n) is 6.04. The van der Waals surface area contributed by atoms with E-state index in [1.165, 1.54) is 12.5 Å². The zero-order valence-corrected chi connectivity index (χ0v) is 12.1. The van der Waals surface area contributed by atoms with Crippen LogP contribution < -0.4 is 4.74 Å². The first kappa shape index (κ1) is 14.9. The highest BCUT2D eigenvalue weighted by Crippen LogP contribution is 2.39. The molecule has 0 aromatic heterocycles. The summed E-state index contributed by atoms with van der Waals surface area (Å²) in [5.74, 6) is 2.27. The van der Waals surface area contributed by atoms with Crippen molar-refractivity contribution in [2.24, 2.45) is 0 Å². The lowest BCUT2D eigenvalue weighted by Crippen LogP contribution is -2.16. The maximum absolute atomic E-state index is 12.2. The van der Waals surface area contributed by atoms with Gasteiger partial charge in [-0.05, 0) is 48.1 Å². The molecule has 6 heteroatoms. The summed E-state index contributed by atoms with van der Waals surface area (Å²) in [5, 5.41) is 10.3. The molecule has 0 aliphatic carbocycles. The Bertz CT molecular complexity index is 423. The number of aryl methyl sites for hydroxylation is 1. The van der Waals surface area contributed by atoms with Gasteiger partial charge in [0, 0.05) is 0 Å². The fourth-order valence-corrected chi connectivity index (χ4v) is 4.84. The van der Waals surface area contributed by atoms with Crippen LogP contribution in [0.1, 0.15) is 23.7 Å². The molecule has 2 rings (SSSR count). The van der Waals surface area contributed by atoms with E-state index in [9.17, 15) is 13.9 Å². The highest BCUT2D eigenvalue weighted by molar-refractivity contribution is 8.17. The van der Waals surface area contributed by atoms with E-state index in [0.29, 0.717) is 5.56 Å². The van der Waals surface area contributed by atoms with Crippen LogP contribution in [0.3, 0.4) is 0 Å². The van der Waals surface area contributed by atoms with Gasteiger partial charge in [-0.15, -0.1) is 23.5 Å². The van der Waals surface area contributed by atoms with E-state index in [2.05, 4.69) is 4.74 Å². The number of thioether (sulfide) groups is 2. The summed E-state index contributed by atoms with van der Waals surface area (Å²) in [6, 6.07) is 4.88. The Morgan fingerprint density at radius 1 is 1.32 bits per heavy atom. The Morgan fingerprint density at radius 2 is 2.00 bits per heavy atom. The normalized spacial score (nSPS) is 18.6. The van der Waals surface area contributed by atoms with E-state index in [0.717, 1.165) is 17.1 Å². The number of aliphatic hydroxyl groups excluding tert-OH is 1. The molecule has 1 atom stereocenters. The molecule has 106 valence electrons. The van der Waals surface area contributed by atoms with Gasteiger partial charge in [-0.3, -0.25) is 0 Å². The highest BCUT2D eigenvalue weighted by Gasteiger charge is 2.24. The van der Waals surface area contributed by atoms with E-state index in [1.807, 2.05) is 0 Å². The molecule has 1 aliphatic heterocycles. The predicted octanol–water partition coefficient (Wildman–Crippen LogP) is 3.83. The minimum Gasteiger partial charge on any atom is -0.435 e. The van der Waals surface area contributed by atoms with Gasteiger partial charge in [0.1, 0.15) is 5.75 Å². The van der Waals surface area contributed by atoms with Gasteiger partial charge in [0.2, 0.25) is 0 Å². The van der Waals surface area contributed by atoms with Crippen molar-refractivity contribution in [3.63, 3.8) is 0 Å². The second kappa shape index (κ2) is 6.81. The molecule has 0 amide bonds. The summed E-state index contributed by atoms with van der Waals surface area (Å²) >= 11 is 3.50. The number of rotatable bonds is 4. The van der Waals surface area contributed by atoms with Crippen molar-refractivity contribution in [3.8, 4) is 5.75 Å². The quantitative estimate of drug-likeness (QED) is 0.915. The Morgan fingerprint density at radius 3 is 2.58 bits per heavy atom. The fourth-order valence-electron chi connectivity index (χ4n) is 1.93. The van der Waals surface area contributed by atoms with E-state index in [-0.39, 0.29) is 10.3 Å². The first-order chi connectivity index (χ1) is 9.08. The fraction of sp³-hybridized carbons (Fsp3) is 0.538. The molecule has 1 fully saturated rings. The predicted molar refractivity (Wildman–Crippen MR) is 76.1 cm³/mol. The van der Waals surface area contributed by atoms with Crippen LogP contribution in [-0.4, -0.2) is 27.8 Å². The standard InChI is InChI=1S/C13H16F2O2S2/c1-8-7-9(3-4-10(8)17-13(14)15)11(16)12-18-5-2-6-19-12/h3-4,7,11-13,16H,2,5-6H2,1H3. The summed E-state index contributed by atoms with van der Waals surface area (Å²) in [7, 11) is 0. The van der Waals surface area contributed by atoms with Gasteiger partial charge in [0.25, 0.3) is 0 Å². The van der Waals surface area contributed by atoms with Gasteiger partial charge in [0.15, 0.2) is 0 Å². The van der Waals surface area contributed by atoms with E-state index in [4.69, 9.17) is 0 Å². The third-order valence-corrected chi connectivity index (χ3v) is 5.91. The molecular formula is C13H16F2O2S2. The SMILES string of the molecule is Cc1cc(C(O)C2SCCCS2)ccc1OC(F)F. The van der Waals surface area contributed by atoms with Crippen LogP contribution in [-0.2, 0) is 0 Å². The largest absolute Gasteiger partial charge is 0.435 e. The molecule has 0 spiro atoms. The van der Waals surface area contributed by atoms with Crippen LogP contribution in [0.5, 0.6) is 5.75 Å². The molecule has 2 nitrogen and oxygen atoms in total. The van der Waals surface area contributed by atoms with Gasteiger partial charge in [-0.2, -0.15) is 8.78 Å². The summed E-state index contributed by atoms with van der Waals surface area (Å²) in [6.07, 6.45) is 0.591. The summed E-state index contributed by atoms with van der Waals surface area (Å²) < 4.78 is 28.9. The lowest BCUT2D eigenvalue weighted by Gasteiger charge is -2.26. The molecule has 19 heavy (non-hydrogen) atoms. The van der Waals surface area contributed by atoms with E-state index < -0.39 is 12.7 Å². The molecule has 1 heterocycles. The second-order valence-corrected chi connectivity index (χ2v) is 7.11. The zero-order valence-electron chi connectivity index (χ0n) is 10.5. The van der Waals surface area contributed by atoms with Crippen molar-refractivity contribution in [1.29, 1.82) is 0 Å². The topological polar surface area (TPSA) is 29.5 Å². The maximum Gasteiger partial charge on any atom is 0.387 e. The molecule has 0 saturated carbocycles. The average Bonchev–Trinajstić information content (AvgIpc) is 2.41. The Hall–Kier alpha value is -0.460. The Labute approximate surface area is 119 Å². The Balaban J connectivity index is 2.09. The summed E-state index contributed by atoms with van der Waals surface area (Å²) in [5.41, 5.74) is 1.37. The zero-order chi connectivity index (χ0) is 13.8. The van der Waals surface area contributed by atoms with Crippen molar-refractivity contribution in [1.82, 2.24) is 0 Å². The van der Waals surface area contributed by atoms with Crippen molar-refractivity contribution in [2.45, 2.75) is 30.6 Å². The molecule has 1 N–H and O–H groups in total. The smallest absolute Gasteiger partial charge is 0.387 e. The van der Waals surface area contributed by atoms with Gasteiger partial charge >= 0.3 is 6.61 Å². The van der Waals surface area contributed by atoms with Crippen molar-refractivity contribution in [3.05, 3.63) is 29.3 Å². The van der Waals surface area contributed by atoms with Gasteiger partial charge in [-0.1, -0.05) is 6.07 Å². The third kappa shape index (κ3) is 4.00. The molecular weight excluding hydrogens is 290 g/mol. The lowest BCUT2D eigenvalue weighted by molar-refractivity contribution is -0.0503. The number of alkyl halides is 2. The molecule has 1 saturated heterocycles. The van der Waals surface area contributed by atoms with E-state index in [1.54, 1.807) is 42.6 Å². The van der Waals surface area contributed by atoms with Crippen molar-refractivity contribution < 1.29 is 18.6 Å². The number of halogens is 2. The molecule has 1 aromatic rings. The van der Waals surface area contributed by atoms with Crippen molar-refractivity contribution >= 4 is 23.5 Å². The highest BCUT2D eigenvalue weighted by atomic mass is 32.2. The number of ether oxygens (including phenoxy) is 1. The lowest BCUT2D eigenvalue weighted by atomic mass is 10.1. The number of hydrogen-bond acceptors (Lipinski definition) is 4. The van der Waals surface area contributed by atoms with Crippen LogP contribution >= 0.6 is 23.5 Å². The van der Waals surface area contributed by atoms with Crippen LogP contribution in [0, 0.1) is 6.92 Å². The molecule has 0 radical (unpaired) electrons. The number of aliphatic hydroxyl groups is 1. The minimum atomic E-state index is -2.82. The van der Waals surface area contributed by atoms with Gasteiger partial charge in [0.05, 0.1) is 10.7 Å². The summed E-state index contributed by atoms with van der Waals surface area (Å²) in [6.45, 7) is -1.12. The molecule has 1 unspecified atom stereocenters. The Kier molecular flexibility index (Phi) is 5.36. The van der Waals surface area contributed by atoms with Crippen LogP contribution in [0.4, 0.5) is 8.78 Å². The maximum atomic E-state index is 12.2. The second-order valence-electron chi connectivity index (χ2n) is 4.31. The third-order valence-electron chi connectivity index (χ3n) is 2.87. The first-order valence-corrected chi connectivity index (χ1v) is 8.14. The van der Waals surface area contributed by atoms with E-state index >= 15 is 0 Å². The number of benzene rings is 1. The number of hydrogen-bond donors (Lipinski definition) is 1. The average molecular weight is 306 g/mol. The van der Waals surface area contributed by atoms with Crippen LogP contribution in [0.15, 0.2) is 18.2 Å². The van der Waals surface area contributed by atoms with Gasteiger partial charge in [-0.25, -0.2) is 0 Å². The monoisotopic (exact) mass is 306 g/mol. The minimum absolute atomic E-state index is 0.120.